The Balaban J connectivity index is 1.74. The van der Waals surface area contributed by atoms with E-state index >= 15 is 0 Å². The van der Waals surface area contributed by atoms with Gasteiger partial charge in [0.15, 0.2) is 0 Å². The van der Waals surface area contributed by atoms with Gasteiger partial charge in [0.1, 0.15) is 0 Å². The highest BCUT2D eigenvalue weighted by atomic mass is 32.2. The van der Waals surface area contributed by atoms with E-state index in [0.717, 1.165) is 5.92 Å². The minimum Gasteiger partial charge on any atom is -0.380 e. The number of para-hydroxylation sites is 1. The molecule has 0 aliphatic carbocycles. The molecule has 1 atom stereocenters. The predicted molar refractivity (Wildman–Crippen MR) is 74.8 cm³/mol. The van der Waals surface area contributed by atoms with Crippen LogP contribution in [0, 0.1) is 5.92 Å². The highest BCUT2D eigenvalue weighted by Crippen LogP contribution is 2.32. The van der Waals surface area contributed by atoms with Crippen LogP contribution in [-0.2, 0) is 0 Å². The van der Waals surface area contributed by atoms with Crippen molar-refractivity contribution in [2.75, 3.05) is 31.2 Å². The van der Waals surface area contributed by atoms with Crippen molar-refractivity contribution >= 4 is 17.4 Å². The largest absolute Gasteiger partial charge is 0.380 e. The summed E-state index contributed by atoms with van der Waals surface area (Å²) in [4.78, 5) is 3.96. The summed E-state index contributed by atoms with van der Waals surface area (Å²) < 4.78 is 0. The maximum atomic E-state index is 3.77. The van der Waals surface area contributed by atoms with Crippen molar-refractivity contribution in [1.82, 2.24) is 4.90 Å². The summed E-state index contributed by atoms with van der Waals surface area (Å²) in [5.41, 5.74) is 1.32. The Bertz CT molecular complexity index is 386. The number of nitrogens with zero attached hydrogens (tertiary/aromatic N) is 1. The number of benzene rings is 1. The van der Waals surface area contributed by atoms with Gasteiger partial charge in [0.05, 0.1) is 0 Å². The smallest absolute Gasteiger partial charge is 0.0480 e. The van der Waals surface area contributed by atoms with Gasteiger partial charge in [0, 0.05) is 23.2 Å². The van der Waals surface area contributed by atoms with Crippen molar-refractivity contribution in [2.24, 2.45) is 5.92 Å². The molecule has 3 fully saturated rings. The molecule has 3 heterocycles. The van der Waals surface area contributed by atoms with E-state index in [4.69, 9.17) is 0 Å². The molecule has 3 aliphatic rings. The van der Waals surface area contributed by atoms with E-state index in [1.54, 1.807) is 0 Å². The molecule has 0 aromatic heterocycles. The van der Waals surface area contributed by atoms with E-state index in [9.17, 15) is 0 Å². The van der Waals surface area contributed by atoms with Crippen LogP contribution in [0.2, 0.25) is 0 Å². The topological polar surface area (TPSA) is 15.3 Å². The van der Waals surface area contributed by atoms with Crippen LogP contribution in [0.3, 0.4) is 0 Å². The fourth-order valence-electron chi connectivity index (χ4n) is 3.09. The van der Waals surface area contributed by atoms with Gasteiger partial charge in [-0.05, 0) is 50.2 Å². The Morgan fingerprint density at radius 2 is 2.00 bits per heavy atom. The summed E-state index contributed by atoms with van der Waals surface area (Å²) >= 11 is 1.83. The average molecular weight is 248 g/mol. The van der Waals surface area contributed by atoms with Crippen LogP contribution in [0.25, 0.3) is 0 Å². The summed E-state index contributed by atoms with van der Waals surface area (Å²) in [5.74, 6) is 0.884. The quantitative estimate of drug-likeness (QED) is 0.828. The molecule has 92 valence electrons. The van der Waals surface area contributed by atoms with Gasteiger partial charge in [-0.25, -0.2) is 0 Å². The van der Waals surface area contributed by atoms with E-state index in [-0.39, 0.29) is 0 Å². The molecular formula is C14H20N2S. The second-order valence-electron chi connectivity index (χ2n) is 5.09. The standard InChI is InChI=1S/C14H20N2S/c1-17-14-5-3-2-4-12(14)15-13-10-16-8-6-11(13)7-9-16/h2-5,11,13,15H,6-10H2,1H3. The summed E-state index contributed by atoms with van der Waals surface area (Å²) in [6.07, 6.45) is 4.90. The second-order valence-corrected chi connectivity index (χ2v) is 5.94. The van der Waals surface area contributed by atoms with Crippen LogP contribution in [0.4, 0.5) is 5.69 Å². The predicted octanol–water partition coefficient (Wildman–Crippen LogP) is 2.91. The lowest BCUT2D eigenvalue weighted by Crippen LogP contribution is -2.53. The number of hydrogen-bond acceptors (Lipinski definition) is 3. The minimum absolute atomic E-state index is 0.658. The van der Waals surface area contributed by atoms with Gasteiger partial charge in [-0.1, -0.05) is 12.1 Å². The normalized spacial score (nSPS) is 31.5. The van der Waals surface area contributed by atoms with Crippen LogP contribution in [0.1, 0.15) is 12.8 Å². The Kier molecular flexibility index (Phi) is 3.30. The molecule has 0 amide bonds. The molecule has 1 aromatic carbocycles. The molecule has 1 N–H and O–H groups in total. The zero-order chi connectivity index (χ0) is 11.7. The number of fused-ring (bicyclic) bond motifs is 3. The van der Waals surface area contributed by atoms with Crippen molar-refractivity contribution in [3.63, 3.8) is 0 Å². The fourth-order valence-corrected chi connectivity index (χ4v) is 3.65. The molecule has 3 heteroatoms. The molecule has 0 spiro atoms. The lowest BCUT2D eigenvalue weighted by atomic mass is 9.84. The first kappa shape index (κ1) is 11.4. The number of thioether (sulfide) groups is 1. The molecule has 1 aromatic rings. The lowest BCUT2D eigenvalue weighted by molar-refractivity contribution is 0.0974. The molecule has 4 rings (SSSR count). The van der Waals surface area contributed by atoms with E-state index < -0.39 is 0 Å². The zero-order valence-corrected chi connectivity index (χ0v) is 11.2. The molecule has 2 nitrogen and oxygen atoms in total. The molecule has 3 aliphatic heterocycles. The van der Waals surface area contributed by atoms with Gasteiger partial charge in [-0.2, -0.15) is 0 Å². The van der Waals surface area contributed by atoms with Gasteiger partial charge in [-0.15, -0.1) is 11.8 Å². The van der Waals surface area contributed by atoms with Crippen LogP contribution in [0.5, 0.6) is 0 Å². The Morgan fingerprint density at radius 3 is 2.65 bits per heavy atom. The van der Waals surface area contributed by atoms with Crippen molar-refractivity contribution < 1.29 is 0 Å². The minimum atomic E-state index is 0.658. The van der Waals surface area contributed by atoms with Crippen LogP contribution in [-0.4, -0.2) is 36.8 Å². The highest BCUT2D eigenvalue weighted by Gasteiger charge is 2.34. The molecule has 2 bridgehead atoms. The summed E-state index contributed by atoms with van der Waals surface area (Å²) in [5, 5.41) is 3.77. The molecular weight excluding hydrogens is 228 g/mol. The van der Waals surface area contributed by atoms with Gasteiger partial charge in [0.25, 0.3) is 0 Å². The van der Waals surface area contributed by atoms with Crippen LogP contribution in [0.15, 0.2) is 29.2 Å². The Hall–Kier alpha value is -0.670. The number of nitrogens with one attached hydrogen (secondary N) is 1. The van der Waals surface area contributed by atoms with Crippen molar-refractivity contribution in [3.05, 3.63) is 24.3 Å². The SMILES string of the molecule is CSc1ccccc1NC1CN2CCC1CC2. The van der Waals surface area contributed by atoms with Gasteiger partial charge in [-0.3, -0.25) is 0 Å². The maximum absolute atomic E-state index is 3.77. The first-order valence-electron chi connectivity index (χ1n) is 6.49. The lowest BCUT2D eigenvalue weighted by Gasteiger charge is -2.45. The van der Waals surface area contributed by atoms with E-state index in [0.29, 0.717) is 6.04 Å². The summed E-state index contributed by atoms with van der Waals surface area (Å²) in [6, 6.07) is 9.32. The van der Waals surface area contributed by atoms with Crippen LogP contribution < -0.4 is 5.32 Å². The monoisotopic (exact) mass is 248 g/mol. The molecule has 1 unspecified atom stereocenters. The van der Waals surface area contributed by atoms with Gasteiger partial charge >= 0.3 is 0 Å². The van der Waals surface area contributed by atoms with E-state index in [2.05, 4.69) is 40.7 Å². The number of hydrogen-bond donors (Lipinski definition) is 1. The van der Waals surface area contributed by atoms with Crippen molar-refractivity contribution in [3.8, 4) is 0 Å². The number of piperidine rings is 3. The van der Waals surface area contributed by atoms with Gasteiger partial charge < -0.3 is 10.2 Å². The third-order valence-electron chi connectivity index (χ3n) is 4.10. The third-order valence-corrected chi connectivity index (χ3v) is 4.90. The van der Waals surface area contributed by atoms with Crippen molar-refractivity contribution in [1.29, 1.82) is 0 Å². The zero-order valence-electron chi connectivity index (χ0n) is 10.4. The summed E-state index contributed by atoms with van der Waals surface area (Å²) in [6.45, 7) is 3.85. The highest BCUT2D eigenvalue weighted by molar-refractivity contribution is 7.98. The maximum Gasteiger partial charge on any atom is 0.0480 e. The molecule has 0 radical (unpaired) electrons. The second kappa shape index (κ2) is 4.91. The fraction of sp³-hybridized carbons (Fsp3) is 0.571. The number of rotatable bonds is 3. The van der Waals surface area contributed by atoms with E-state index in [1.807, 2.05) is 11.8 Å². The Morgan fingerprint density at radius 1 is 1.24 bits per heavy atom. The average Bonchev–Trinajstić information content (AvgIpc) is 2.41. The Labute approximate surface area is 108 Å². The third kappa shape index (κ3) is 2.31. The first-order valence-corrected chi connectivity index (χ1v) is 7.71. The first-order chi connectivity index (χ1) is 8.36. The van der Waals surface area contributed by atoms with Crippen molar-refractivity contribution in [2.45, 2.75) is 23.8 Å². The summed E-state index contributed by atoms with van der Waals surface area (Å²) in [7, 11) is 0. The van der Waals surface area contributed by atoms with E-state index in [1.165, 1.54) is 43.1 Å². The number of anilines is 1. The molecule has 0 saturated carbocycles. The molecule has 17 heavy (non-hydrogen) atoms. The van der Waals surface area contributed by atoms with Crippen LogP contribution >= 0.6 is 11.8 Å². The van der Waals surface area contributed by atoms with Gasteiger partial charge in [0.2, 0.25) is 0 Å². The molecule has 3 saturated heterocycles.